The molecule has 1 amide bonds. The topological polar surface area (TPSA) is 44.6 Å². The molecule has 6 nitrogen and oxygen atoms in total. The van der Waals surface area contributed by atoms with Crippen molar-refractivity contribution in [3.63, 3.8) is 0 Å². The first kappa shape index (κ1) is 22.1. The summed E-state index contributed by atoms with van der Waals surface area (Å²) in [5.41, 5.74) is 2.87. The molecule has 33 heavy (non-hydrogen) atoms. The Balaban J connectivity index is 1.22. The van der Waals surface area contributed by atoms with Crippen LogP contribution in [0.5, 0.6) is 0 Å². The lowest BCUT2D eigenvalue weighted by atomic mass is 10.2. The number of benzene rings is 1. The van der Waals surface area contributed by atoms with Crippen LogP contribution in [-0.4, -0.2) is 82.7 Å². The molecule has 2 aliphatic heterocycles. The maximum Gasteiger partial charge on any atom is 0.246 e. The Morgan fingerprint density at radius 2 is 1.64 bits per heavy atom. The molecule has 0 aliphatic carbocycles. The Morgan fingerprint density at radius 1 is 0.909 bits per heavy atom. The van der Waals surface area contributed by atoms with Gasteiger partial charge in [-0.3, -0.25) is 9.69 Å². The number of para-hydroxylation sites is 1. The number of hydrogen-bond donors (Lipinski definition) is 0. The number of thiophene rings is 1. The summed E-state index contributed by atoms with van der Waals surface area (Å²) in [5.74, 6) is 0.0822. The highest BCUT2D eigenvalue weighted by Crippen LogP contribution is 2.28. The van der Waals surface area contributed by atoms with Gasteiger partial charge in [0.15, 0.2) is 0 Å². The molecule has 0 unspecified atom stereocenters. The van der Waals surface area contributed by atoms with E-state index in [4.69, 9.17) is 5.10 Å². The van der Waals surface area contributed by atoms with Crippen LogP contribution in [0.25, 0.3) is 22.3 Å². The minimum Gasteiger partial charge on any atom is -0.337 e. The lowest BCUT2D eigenvalue weighted by Gasteiger charge is -2.35. The van der Waals surface area contributed by atoms with Gasteiger partial charge in [-0.2, -0.15) is 5.10 Å². The van der Waals surface area contributed by atoms with E-state index in [1.54, 1.807) is 17.4 Å². The van der Waals surface area contributed by atoms with Crippen LogP contribution in [0, 0.1) is 0 Å². The van der Waals surface area contributed by atoms with E-state index in [0.717, 1.165) is 61.1 Å². The maximum atomic E-state index is 12.9. The summed E-state index contributed by atoms with van der Waals surface area (Å²) in [4.78, 5) is 21.0. The fourth-order valence-corrected chi connectivity index (χ4v) is 5.31. The van der Waals surface area contributed by atoms with E-state index >= 15 is 0 Å². The second-order valence-corrected chi connectivity index (χ2v) is 9.69. The molecule has 7 heteroatoms. The summed E-state index contributed by atoms with van der Waals surface area (Å²) in [6, 6.07) is 14.2. The van der Waals surface area contributed by atoms with Crippen LogP contribution >= 0.6 is 11.3 Å². The minimum absolute atomic E-state index is 0.0822. The SMILES string of the molecule is O=C(C=Cc1cn(-c2ccccc2)nc1-c1cccs1)N1CCN(CCN2CCCC2)CC1. The van der Waals surface area contributed by atoms with Gasteiger partial charge in [0.05, 0.1) is 10.6 Å². The molecule has 0 atom stereocenters. The molecule has 2 aromatic heterocycles. The van der Waals surface area contributed by atoms with Crippen molar-refractivity contribution in [2.45, 2.75) is 12.8 Å². The number of hydrogen-bond acceptors (Lipinski definition) is 5. The first-order valence-electron chi connectivity index (χ1n) is 11.9. The van der Waals surface area contributed by atoms with Gasteiger partial charge < -0.3 is 9.80 Å². The molecule has 1 aromatic carbocycles. The molecule has 0 radical (unpaired) electrons. The van der Waals surface area contributed by atoms with Crippen LogP contribution in [0.1, 0.15) is 18.4 Å². The predicted molar refractivity (Wildman–Crippen MR) is 135 cm³/mol. The van der Waals surface area contributed by atoms with Crippen LogP contribution < -0.4 is 0 Å². The number of amides is 1. The van der Waals surface area contributed by atoms with Gasteiger partial charge in [-0.15, -0.1) is 11.3 Å². The molecule has 2 saturated heterocycles. The van der Waals surface area contributed by atoms with E-state index in [0.29, 0.717) is 0 Å². The largest absolute Gasteiger partial charge is 0.337 e. The van der Waals surface area contributed by atoms with Crippen LogP contribution in [0.2, 0.25) is 0 Å². The standard InChI is InChI=1S/C26H31N5OS/c32-25(30-18-16-29(17-19-30)15-14-28-12-4-5-13-28)11-10-22-21-31(23-7-2-1-3-8-23)27-26(22)24-9-6-20-33-24/h1-3,6-11,20-21H,4-5,12-19H2. The number of carbonyl (C=O) groups excluding carboxylic acids is 1. The second kappa shape index (κ2) is 10.5. The highest BCUT2D eigenvalue weighted by molar-refractivity contribution is 7.13. The molecular formula is C26H31N5OS. The average molecular weight is 462 g/mol. The Hall–Kier alpha value is -2.74. The number of piperazine rings is 1. The van der Waals surface area contributed by atoms with Gasteiger partial charge in [0.25, 0.3) is 0 Å². The molecule has 0 N–H and O–H groups in total. The summed E-state index contributed by atoms with van der Waals surface area (Å²) in [5, 5.41) is 6.87. The van der Waals surface area contributed by atoms with E-state index in [1.165, 1.54) is 25.9 Å². The quantitative estimate of drug-likeness (QED) is 0.502. The molecule has 0 spiro atoms. The molecule has 2 fully saturated rings. The van der Waals surface area contributed by atoms with Gasteiger partial charge in [-0.05, 0) is 55.6 Å². The van der Waals surface area contributed by atoms with Crippen molar-refractivity contribution < 1.29 is 4.79 Å². The number of nitrogens with zero attached hydrogens (tertiary/aromatic N) is 5. The summed E-state index contributed by atoms with van der Waals surface area (Å²) >= 11 is 1.66. The Morgan fingerprint density at radius 3 is 2.33 bits per heavy atom. The van der Waals surface area contributed by atoms with Crippen LogP contribution in [-0.2, 0) is 4.79 Å². The van der Waals surface area contributed by atoms with Gasteiger partial charge in [0.2, 0.25) is 5.91 Å². The Bertz CT molecular complexity index is 1060. The molecule has 172 valence electrons. The van der Waals surface area contributed by atoms with E-state index in [-0.39, 0.29) is 5.91 Å². The number of likely N-dealkylation sites (tertiary alicyclic amines) is 1. The average Bonchev–Trinajstić information content (AvgIpc) is 3.64. The molecular weight excluding hydrogens is 430 g/mol. The summed E-state index contributed by atoms with van der Waals surface area (Å²) in [6.45, 7) is 8.27. The van der Waals surface area contributed by atoms with Gasteiger partial charge >= 0.3 is 0 Å². The van der Waals surface area contributed by atoms with Gasteiger partial charge in [-0.25, -0.2) is 4.68 Å². The van der Waals surface area contributed by atoms with Crippen molar-refractivity contribution >= 4 is 23.3 Å². The zero-order valence-corrected chi connectivity index (χ0v) is 19.8. The molecule has 0 saturated carbocycles. The summed E-state index contributed by atoms with van der Waals surface area (Å²) < 4.78 is 1.89. The number of aromatic nitrogens is 2. The third kappa shape index (κ3) is 5.43. The second-order valence-electron chi connectivity index (χ2n) is 8.74. The molecule has 0 bridgehead atoms. The molecule has 5 rings (SSSR count). The normalized spacial score (nSPS) is 17.9. The van der Waals surface area contributed by atoms with Gasteiger partial charge in [0.1, 0.15) is 5.69 Å². The van der Waals surface area contributed by atoms with Crippen molar-refractivity contribution in [3.8, 4) is 16.3 Å². The number of rotatable bonds is 7. The van der Waals surface area contributed by atoms with E-state index < -0.39 is 0 Å². The van der Waals surface area contributed by atoms with E-state index in [9.17, 15) is 4.79 Å². The zero-order chi connectivity index (χ0) is 22.5. The van der Waals surface area contributed by atoms with Crippen molar-refractivity contribution in [2.24, 2.45) is 0 Å². The first-order chi connectivity index (χ1) is 16.3. The predicted octanol–water partition coefficient (Wildman–Crippen LogP) is 3.85. The minimum atomic E-state index is 0.0822. The van der Waals surface area contributed by atoms with Crippen molar-refractivity contribution in [1.82, 2.24) is 24.5 Å². The third-order valence-electron chi connectivity index (χ3n) is 6.54. The monoisotopic (exact) mass is 461 g/mol. The molecule has 4 heterocycles. The highest BCUT2D eigenvalue weighted by Gasteiger charge is 2.21. The lowest BCUT2D eigenvalue weighted by Crippen LogP contribution is -2.49. The molecule has 3 aromatic rings. The fraction of sp³-hybridized carbons (Fsp3) is 0.385. The summed E-state index contributed by atoms with van der Waals surface area (Å²) in [7, 11) is 0. The zero-order valence-electron chi connectivity index (χ0n) is 19.0. The maximum absolute atomic E-state index is 12.9. The summed E-state index contributed by atoms with van der Waals surface area (Å²) in [6.07, 6.45) is 8.32. The fourth-order valence-electron chi connectivity index (χ4n) is 4.57. The lowest BCUT2D eigenvalue weighted by molar-refractivity contribution is -0.127. The van der Waals surface area contributed by atoms with E-state index in [1.807, 2.05) is 58.3 Å². The van der Waals surface area contributed by atoms with Crippen LogP contribution in [0.4, 0.5) is 0 Å². The van der Waals surface area contributed by atoms with Gasteiger partial charge in [0, 0.05) is 57.1 Å². The van der Waals surface area contributed by atoms with Crippen molar-refractivity contribution in [2.75, 3.05) is 52.4 Å². The Labute approximate surface area is 199 Å². The smallest absolute Gasteiger partial charge is 0.246 e. The first-order valence-corrected chi connectivity index (χ1v) is 12.7. The van der Waals surface area contributed by atoms with Crippen LogP contribution in [0.15, 0.2) is 60.1 Å². The van der Waals surface area contributed by atoms with Crippen molar-refractivity contribution in [1.29, 1.82) is 0 Å². The van der Waals surface area contributed by atoms with E-state index in [2.05, 4.69) is 21.2 Å². The third-order valence-corrected chi connectivity index (χ3v) is 7.42. The van der Waals surface area contributed by atoms with Crippen LogP contribution in [0.3, 0.4) is 0 Å². The van der Waals surface area contributed by atoms with Gasteiger partial charge in [-0.1, -0.05) is 24.3 Å². The van der Waals surface area contributed by atoms with Crippen molar-refractivity contribution in [3.05, 3.63) is 65.7 Å². The number of carbonyl (C=O) groups is 1. The molecule has 2 aliphatic rings. The highest BCUT2D eigenvalue weighted by atomic mass is 32.1. The Kier molecular flexibility index (Phi) is 7.00.